The minimum absolute atomic E-state index is 0. The highest BCUT2D eigenvalue weighted by atomic mass is 16.6. The molecule has 4 N–H and O–H groups in total. The van der Waals surface area contributed by atoms with Crippen molar-refractivity contribution in [1.29, 1.82) is 0 Å². The van der Waals surface area contributed by atoms with Crippen LogP contribution in [0.15, 0.2) is 60.7 Å². The van der Waals surface area contributed by atoms with Crippen molar-refractivity contribution in [3.8, 4) is 0 Å². The second-order valence-electron chi connectivity index (χ2n) is 24.4. The van der Waals surface area contributed by atoms with Gasteiger partial charge in [0, 0.05) is 153 Å². The molecule has 0 spiro atoms. The van der Waals surface area contributed by atoms with E-state index in [1.165, 1.54) is 129 Å². The second-order valence-corrected chi connectivity index (χ2v) is 24.4. The summed E-state index contributed by atoms with van der Waals surface area (Å²) in [6.07, 6.45) is 19.6. The number of hydrogen-bond donors (Lipinski definition) is 4. The van der Waals surface area contributed by atoms with Crippen LogP contribution in [0.2, 0.25) is 0 Å². The standard InChI is InChI=1S/2C19H29N3O2.2C12H25N3.2CH4/c2*1-21-10-12-22(13-11-21)18-9-5-8-17(14-18)20-19(23)24-15-16-6-3-2-4-7-16;2*1-13-11-4-3-5-12(10-11)15-8-6-14(2)7-9-15;;/h2*2-4,6-7,17-18H,5,8-15H2,1H3,(H,20,23);2*11-13H,3-10H2,1-2H3;2*1H4/t2*17-,18+;2*11-,12+;;/m1010../s1. The fraction of sp³-hybridized carbons (Fsp3) is 0.781. The number of amides is 2. The molecule has 4 saturated carbocycles. The number of hydrogen-bond acceptors (Lipinski definition) is 14. The van der Waals surface area contributed by atoms with E-state index in [-0.39, 0.29) is 39.1 Å². The third-order valence-electron chi connectivity index (χ3n) is 18.7. The second kappa shape index (κ2) is 37.0. The molecule has 456 valence electrons. The van der Waals surface area contributed by atoms with Gasteiger partial charge in [-0.1, -0.05) is 88.4 Å². The molecule has 0 bridgehead atoms. The largest absolute Gasteiger partial charge is 0.445 e. The maximum atomic E-state index is 12.1. The van der Waals surface area contributed by atoms with Gasteiger partial charge in [0.05, 0.1) is 0 Å². The van der Waals surface area contributed by atoms with Gasteiger partial charge in [-0.3, -0.25) is 19.6 Å². The summed E-state index contributed by atoms with van der Waals surface area (Å²) in [5, 5.41) is 13.0. The molecule has 8 atom stereocenters. The monoisotopic (exact) mass is 1120 g/mol. The van der Waals surface area contributed by atoms with Crippen LogP contribution in [0.5, 0.6) is 0 Å². The van der Waals surface area contributed by atoms with Gasteiger partial charge in [0.1, 0.15) is 13.2 Å². The van der Waals surface area contributed by atoms with Gasteiger partial charge in [0.15, 0.2) is 0 Å². The summed E-state index contributed by atoms with van der Waals surface area (Å²) in [7, 11) is 13.0. The van der Waals surface area contributed by atoms with Crippen molar-refractivity contribution in [3.05, 3.63) is 71.8 Å². The quantitative estimate of drug-likeness (QED) is 0.166. The summed E-state index contributed by atoms with van der Waals surface area (Å²) >= 11 is 0. The van der Waals surface area contributed by atoms with Crippen LogP contribution < -0.4 is 21.3 Å². The molecule has 0 aromatic heterocycles. The lowest BCUT2D eigenvalue weighted by atomic mass is 9.89. The van der Waals surface area contributed by atoms with Crippen LogP contribution in [0.25, 0.3) is 0 Å². The highest BCUT2D eigenvalue weighted by Gasteiger charge is 2.32. The molecule has 8 aliphatic rings. The zero-order valence-electron chi connectivity index (χ0n) is 49.6. The summed E-state index contributed by atoms with van der Waals surface area (Å²) in [5.41, 5.74) is 2.04. The molecule has 16 heteroatoms. The molecule has 0 unspecified atom stereocenters. The van der Waals surface area contributed by atoms with Gasteiger partial charge in [0.2, 0.25) is 0 Å². The highest BCUT2D eigenvalue weighted by Crippen LogP contribution is 2.28. The van der Waals surface area contributed by atoms with Crippen LogP contribution in [0.4, 0.5) is 9.59 Å². The van der Waals surface area contributed by atoms with Crippen LogP contribution in [-0.2, 0) is 22.7 Å². The van der Waals surface area contributed by atoms with E-state index in [2.05, 4.69) is 103 Å². The summed E-state index contributed by atoms with van der Waals surface area (Å²) in [4.78, 5) is 44.4. The van der Waals surface area contributed by atoms with Gasteiger partial charge in [-0.25, -0.2) is 9.59 Å². The summed E-state index contributed by atoms with van der Waals surface area (Å²) in [6, 6.07) is 24.6. The maximum absolute atomic E-state index is 12.1. The van der Waals surface area contributed by atoms with Gasteiger partial charge >= 0.3 is 12.2 Å². The Balaban J connectivity index is 0.000000199. The topological polar surface area (TPSA) is 127 Å². The van der Waals surface area contributed by atoms with E-state index < -0.39 is 0 Å². The predicted octanol–water partition coefficient (Wildman–Crippen LogP) is 7.74. The average molecular weight is 1120 g/mol. The fourth-order valence-electron chi connectivity index (χ4n) is 13.4. The Morgan fingerprint density at radius 2 is 0.637 bits per heavy atom. The first-order valence-electron chi connectivity index (χ1n) is 31.0. The van der Waals surface area contributed by atoms with E-state index in [0.29, 0.717) is 25.3 Å². The molecule has 2 aromatic rings. The number of piperazine rings is 4. The molecule has 2 aromatic carbocycles. The van der Waals surface area contributed by atoms with Crippen molar-refractivity contribution in [1.82, 2.24) is 60.5 Å². The van der Waals surface area contributed by atoms with Gasteiger partial charge in [-0.15, -0.1) is 0 Å². The Morgan fingerprint density at radius 3 is 0.900 bits per heavy atom. The van der Waals surface area contributed by atoms with Crippen LogP contribution in [0, 0.1) is 0 Å². The van der Waals surface area contributed by atoms with E-state index >= 15 is 0 Å². The average Bonchev–Trinajstić information content (AvgIpc) is 3.48. The molecular formula is C64H116N12O4. The Labute approximate surface area is 487 Å². The molecule has 4 aliphatic heterocycles. The minimum Gasteiger partial charge on any atom is -0.445 e. The van der Waals surface area contributed by atoms with Gasteiger partial charge in [-0.05, 0) is 143 Å². The van der Waals surface area contributed by atoms with Crippen LogP contribution >= 0.6 is 0 Å². The Morgan fingerprint density at radius 1 is 0.388 bits per heavy atom. The van der Waals surface area contributed by atoms with Crippen molar-refractivity contribution < 1.29 is 19.1 Å². The minimum atomic E-state index is -0.289. The lowest BCUT2D eigenvalue weighted by Gasteiger charge is -2.41. The number of nitrogens with one attached hydrogen (secondary N) is 4. The SMILES string of the molecule is C.C.CN1CCN([C@@H]2CCC[C@H](NC(=O)OCc3ccccc3)C2)CC1.CN1CCN([C@H]2CCC[C@@H](NC(=O)OCc3ccccc3)C2)CC1.CN[C@@H]1CCC[C@H](N2CCN(C)CC2)C1.CN[C@H]1CCC[C@@H](N2CCN(C)CC2)C1. The molecule has 4 aliphatic carbocycles. The third kappa shape index (κ3) is 23.7. The maximum Gasteiger partial charge on any atom is 0.407 e. The number of rotatable bonds is 12. The van der Waals surface area contributed by atoms with Crippen molar-refractivity contribution in [3.63, 3.8) is 0 Å². The van der Waals surface area contributed by atoms with Gasteiger partial charge in [0.25, 0.3) is 0 Å². The highest BCUT2D eigenvalue weighted by molar-refractivity contribution is 5.68. The fourth-order valence-corrected chi connectivity index (χ4v) is 13.4. The van der Waals surface area contributed by atoms with Crippen molar-refractivity contribution in [2.75, 3.05) is 147 Å². The summed E-state index contributed by atoms with van der Waals surface area (Å²) < 4.78 is 10.7. The molecule has 16 nitrogen and oxygen atoms in total. The van der Waals surface area contributed by atoms with E-state index in [0.717, 1.165) is 113 Å². The van der Waals surface area contributed by atoms with Gasteiger partial charge in [-0.2, -0.15) is 0 Å². The molecule has 2 amide bonds. The molecule has 80 heavy (non-hydrogen) atoms. The van der Waals surface area contributed by atoms with Crippen LogP contribution in [-0.4, -0.2) is 247 Å². The number of ether oxygens (including phenoxy) is 2. The first kappa shape index (κ1) is 67.4. The first-order valence-corrected chi connectivity index (χ1v) is 31.0. The lowest BCUT2D eigenvalue weighted by molar-refractivity contribution is 0.0792. The Bertz CT molecular complexity index is 1790. The first-order chi connectivity index (χ1) is 38.0. The van der Waals surface area contributed by atoms with Gasteiger partial charge < -0.3 is 50.3 Å². The smallest absolute Gasteiger partial charge is 0.407 e. The van der Waals surface area contributed by atoms with Crippen molar-refractivity contribution >= 4 is 12.2 Å². The van der Waals surface area contributed by atoms with Crippen LogP contribution in [0.3, 0.4) is 0 Å². The number of benzene rings is 2. The molecule has 0 radical (unpaired) electrons. The number of carbonyl (C=O) groups excluding carboxylic acids is 2. The Hall–Kier alpha value is -3.42. The summed E-state index contributed by atoms with van der Waals surface area (Å²) in [5.74, 6) is 0. The number of nitrogens with zero attached hydrogens (tertiary/aromatic N) is 8. The number of likely N-dealkylation sites (N-methyl/N-ethyl adjacent to an activating group) is 4. The zero-order chi connectivity index (χ0) is 54.9. The van der Waals surface area contributed by atoms with E-state index in [4.69, 9.17) is 9.47 Å². The molecule has 10 rings (SSSR count). The van der Waals surface area contributed by atoms with Crippen LogP contribution in [0.1, 0.15) is 129 Å². The van der Waals surface area contributed by atoms with Crippen molar-refractivity contribution in [2.45, 2.75) is 179 Å². The number of carbonyl (C=O) groups is 2. The number of alkyl carbamates (subject to hydrolysis) is 2. The zero-order valence-corrected chi connectivity index (χ0v) is 49.6. The predicted molar refractivity (Wildman–Crippen MR) is 332 cm³/mol. The molecule has 4 heterocycles. The molecule has 4 saturated heterocycles. The molecular weight excluding hydrogens is 1000 g/mol. The summed E-state index contributed by atoms with van der Waals surface area (Å²) in [6.45, 7) is 19.9. The normalized spacial score (nSPS) is 29.0. The Kier molecular flexibility index (Phi) is 31.2. The lowest BCUT2D eigenvalue weighted by Crippen LogP contribution is -2.52. The van der Waals surface area contributed by atoms with E-state index in [1.807, 2.05) is 60.7 Å². The third-order valence-corrected chi connectivity index (χ3v) is 18.7. The molecule has 8 fully saturated rings. The van der Waals surface area contributed by atoms with E-state index in [9.17, 15) is 9.59 Å². The van der Waals surface area contributed by atoms with Crippen molar-refractivity contribution in [2.24, 2.45) is 0 Å². The van der Waals surface area contributed by atoms with E-state index in [1.54, 1.807) is 0 Å².